The van der Waals surface area contributed by atoms with Gasteiger partial charge in [0.15, 0.2) is 0 Å². The molecule has 1 aliphatic rings. The standard InChI is InChI=1S/C10H14N2O4/c1-16-10(14)7(11)4-6-2-3-8(12-15)9(13)5-6/h2-3,5,7-9,13H,4,11H2,1H3/t7-,8-,9+/m0/s1. The van der Waals surface area contributed by atoms with Gasteiger partial charge in [-0.1, -0.05) is 23.4 Å². The van der Waals surface area contributed by atoms with E-state index in [1.54, 1.807) is 6.08 Å². The number of esters is 1. The molecule has 0 aliphatic heterocycles. The van der Waals surface area contributed by atoms with E-state index in [1.165, 1.54) is 19.3 Å². The number of hydrogen-bond acceptors (Lipinski definition) is 6. The molecule has 16 heavy (non-hydrogen) atoms. The molecule has 0 saturated heterocycles. The summed E-state index contributed by atoms with van der Waals surface area (Å²) in [5, 5.41) is 12.2. The number of nitrogens with two attached hydrogens (primary N) is 1. The van der Waals surface area contributed by atoms with Crippen molar-refractivity contribution in [2.24, 2.45) is 10.9 Å². The van der Waals surface area contributed by atoms with Crippen molar-refractivity contribution in [3.8, 4) is 0 Å². The molecule has 1 rings (SSSR count). The fraction of sp³-hybridized carbons (Fsp3) is 0.500. The highest BCUT2D eigenvalue weighted by atomic mass is 16.5. The van der Waals surface area contributed by atoms with Gasteiger partial charge in [0.25, 0.3) is 0 Å². The van der Waals surface area contributed by atoms with Gasteiger partial charge in [0.2, 0.25) is 0 Å². The minimum Gasteiger partial charge on any atom is -0.468 e. The van der Waals surface area contributed by atoms with Crippen LogP contribution in [0.3, 0.4) is 0 Å². The molecule has 0 bridgehead atoms. The number of rotatable bonds is 4. The maximum absolute atomic E-state index is 11.1. The van der Waals surface area contributed by atoms with Gasteiger partial charge in [-0.25, -0.2) is 0 Å². The van der Waals surface area contributed by atoms with Crippen LogP contribution >= 0.6 is 0 Å². The second-order valence-corrected chi connectivity index (χ2v) is 3.52. The van der Waals surface area contributed by atoms with E-state index in [-0.39, 0.29) is 6.42 Å². The zero-order valence-electron chi connectivity index (χ0n) is 8.87. The Kier molecular flexibility index (Phi) is 4.33. The molecule has 3 N–H and O–H groups in total. The van der Waals surface area contributed by atoms with Gasteiger partial charge < -0.3 is 15.6 Å². The van der Waals surface area contributed by atoms with Crippen LogP contribution in [0.15, 0.2) is 29.0 Å². The van der Waals surface area contributed by atoms with Crippen molar-refractivity contribution in [3.05, 3.63) is 28.7 Å². The van der Waals surface area contributed by atoms with Crippen molar-refractivity contribution in [2.75, 3.05) is 7.11 Å². The third kappa shape index (κ3) is 2.98. The summed E-state index contributed by atoms with van der Waals surface area (Å²) >= 11 is 0. The first-order chi connectivity index (χ1) is 7.58. The highest BCUT2D eigenvalue weighted by Crippen LogP contribution is 2.17. The fourth-order valence-electron chi connectivity index (χ4n) is 1.43. The Bertz CT molecular complexity index is 338. The number of allylic oxidation sites excluding steroid dienone is 1. The Morgan fingerprint density at radius 1 is 1.75 bits per heavy atom. The maximum Gasteiger partial charge on any atom is 0.322 e. The molecule has 0 spiro atoms. The molecule has 0 radical (unpaired) electrons. The number of aliphatic hydroxyl groups excluding tert-OH is 1. The predicted molar refractivity (Wildman–Crippen MR) is 57.4 cm³/mol. The number of carbonyl (C=O) groups excluding carboxylic acids is 1. The van der Waals surface area contributed by atoms with Crippen LogP contribution < -0.4 is 5.73 Å². The van der Waals surface area contributed by atoms with Crippen LogP contribution in [0.4, 0.5) is 0 Å². The van der Waals surface area contributed by atoms with E-state index in [4.69, 9.17) is 5.73 Å². The fourth-order valence-corrected chi connectivity index (χ4v) is 1.43. The number of nitroso groups, excluding NO2 is 1. The summed E-state index contributed by atoms with van der Waals surface area (Å²) in [6.07, 6.45) is 3.88. The van der Waals surface area contributed by atoms with Crippen LogP contribution in [-0.4, -0.2) is 36.4 Å². The van der Waals surface area contributed by atoms with Crippen molar-refractivity contribution >= 4 is 5.97 Å². The zero-order valence-corrected chi connectivity index (χ0v) is 8.87. The number of aliphatic hydroxyl groups is 1. The smallest absolute Gasteiger partial charge is 0.322 e. The Labute approximate surface area is 92.7 Å². The first kappa shape index (κ1) is 12.5. The lowest BCUT2D eigenvalue weighted by Gasteiger charge is -2.17. The summed E-state index contributed by atoms with van der Waals surface area (Å²) in [6.45, 7) is 0. The minimum absolute atomic E-state index is 0.256. The van der Waals surface area contributed by atoms with Gasteiger partial charge in [0.05, 0.1) is 7.11 Å². The molecule has 1 aliphatic carbocycles. The number of carbonyl (C=O) groups is 1. The van der Waals surface area contributed by atoms with Crippen LogP contribution in [0.25, 0.3) is 0 Å². The van der Waals surface area contributed by atoms with Gasteiger partial charge in [-0.3, -0.25) is 4.79 Å². The molecule has 0 aromatic heterocycles. The van der Waals surface area contributed by atoms with E-state index >= 15 is 0 Å². The first-order valence-corrected chi connectivity index (χ1v) is 4.81. The lowest BCUT2D eigenvalue weighted by molar-refractivity contribution is -0.142. The van der Waals surface area contributed by atoms with E-state index in [0.29, 0.717) is 5.57 Å². The zero-order chi connectivity index (χ0) is 12.1. The van der Waals surface area contributed by atoms with Crippen LogP contribution in [-0.2, 0) is 9.53 Å². The molecular weight excluding hydrogens is 212 g/mol. The van der Waals surface area contributed by atoms with Crippen LogP contribution in [0.2, 0.25) is 0 Å². The number of ether oxygens (including phenoxy) is 1. The highest BCUT2D eigenvalue weighted by molar-refractivity contribution is 5.75. The summed E-state index contributed by atoms with van der Waals surface area (Å²) in [7, 11) is 1.26. The van der Waals surface area contributed by atoms with Crippen molar-refractivity contribution in [1.82, 2.24) is 0 Å². The molecule has 6 nitrogen and oxygen atoms in total. The average molecular weight is 226 g/mol. The topological polar surface area (TPSA) is 102 Å². The molecule has 3 atom stereocenters. The van der Waals surface area contributed by atoms with E-state index in [0.717, 1.165) is 0 Å². The van der Waals surface area contributed by atoms with E-state index in [2.05, 4.69) is 9.91 Å². The largest absolute Gasteiger partial charge is 0.468 e. The van der Waals surface area contributed by atoms with Crippen LogP contribution in [0.1, 0.15) is 6.42 Å². The molecule has 0 fully saturated rings. The molecule has 6 heteroatoms. The monoisotopic (exact) mass is 226 g/mol. The van der Waals surface area contributed by atoms with Gasteiger partial charge in [-0.05, 0) is 12.0 Å². The van der Waals surface area contributed by atoms with Crippen LogP contribution in [0.5, 0.6) is 0 Å². The molecule has 0 saturated carbocycles. The Hall–Kier alpha value is -1.53. The van der Waals surface area contributed by atoms with Gasteiger partial charge >= 0.3 is 5.97 Å². The van der Waals surface area contributed by atoms with E-state index in [9.17, 15) is 14.8 Å². The third-order valence-electron chi connectivity index (χ3n) is 2.32. The maximum atomic E-state index is 11.1. The second kappa shape index (κ2) is 5.53. The summed E-state index contributed by atoms with van der Waals surface area (Å²) in [5.74, 6) is -0.514. The second-order valence-electron chi connectivity index (χ2n) is 3.52. The number of nitrogens with zero attached hydrogens (tertiary/aromatic N) is 1. The highest BCUT2D eigenvalue weighted by Gasteiger charge is 2.21. The predicted octanol–water partition coefficient (Wildman–Crippen LogP) is -0.131. The van der Waals surface area contributed by atoms with Gasteiger partial charge in [0, 0.05) is 0 Å². The molecule has 0 aromatic carbocycles. The van der Waals surface area contributed by atoms with E-state index < -0.39 is 24.2 Å². The molecule has 0 unspecified atom stereocenters. The number of hydrogen-bond donors (Lipinski definition) is 2. The van der Waals surface area contributed by atoms with Crippen molar-refractivity contribution in [2.45, 2.75) is 24.6 Å². The Morgan fingerprint density at radius 2 is 2.44 bits per heavy atom. The van der Waals surface area contributed by atoms with Gasteiger partial charge in [-0.15, -0.1) is 0 Å². The first-order valence-electron chi connectivity index (χ1n) is 4.81. The molecule has 0 heterocycles. The minimum atomic E-state index is -0.956. The lowest BCUT2D eigenvalue weighted by Crippen LogP contribution is -2.32. The van der Waals surface area contributed by atoms with Crippen molar-refractivity contribution in [3.63, 3.8) is 0 Å². The van der Waals surface area contributed by atoms with E-state index in [1.807, 2.05) is 0 Å². The SMILES string of the molecule is COC(=O)[C@@H](N)CC1=C[C@@H](O)[C@@H](N=O)C=C1. The van der Waals surface area contributed by atoms with Gasteiger partial charge in [-0.2, -0.15) is 4.91 Å². The molecule has 0 amide bonds. The Balaban J connectivity index is 2.61. The quantitative estimate of drug-likeness (QED) is 0.513. The normalized spacial score (nSPS) is 25.8. The summed E-state index contributed by atoms with van der Waals surface area (Å²) in [5.41, 5.74) is 6.24. The van der Waals surface area contributed by atoms with Crippen molar-refractivity contribution in [1.29, 1.82) is 0 Å². The Morgan fingerprint density at radius 3 is 2.94 bits per heavy atom. The summed E-state index contributed by atoms with van der Waals surface area (Å²) in [4.78, 5) is 21.3. The van der Waals surface area contributed by atoms with Crippen molar-refractivity contribution < 1.29 is 14.6 Å². The molecule has 88 valence electrons. The third-order valence-corrected chi connectivity index (χ3v) is 2.32. The summed E-state index contributed by atoms with van der Waals surface area (Å²) < 4.78 is 4.48. The van der Waals surface area contributed by atoms with Gasteiger partial charge in [0.1, 0.15) is 18.2 Å². The molecular formula is C10H14N2O4. The number of methoxy groups -OCH3 is 1. The van der Waals surface area contributed by atoms with Crippen LogP contribution in [0, 0.1) is 4.91 Å². The molecule has 0 aromatic rings. The lowest BCUT2D eigenvalue weighted by atomic mass is 9.96. The summed E-state index contributed by atoms with van der Waals surface area (Å²) in [6, 6.07) is -1.54. The average Bonchev–Trinajstić information content (AvgIpc) is 2.28.